The summed E-state index contributed by atoms with van der Waals surface area (Å²) in [5.74, 6) is -0.0231. The molecule has 1 N–H and O–H groups in total. The van der Waals surface area contributed by atoms with Crippen molar-refractivity contribution in [1.29, 1.82) is 0 Å². The van der Waals surface area contributed by atoms with Crippen molar-refractivity contribution in [2.24, 2.45) is 0 Å². The molecule has 0 radical (unpaired) electrons. The minimum atomic E-state index is -0.0123. The molecular formula is C44H89NO4. The molecule has 0 atom stereocenters. The van der Waals surface area contributed by atoms with Gasteiger partial charge in [-0.1, -0.05) is 195 Å². The normalized spacial score (nSPS) is 10.9. The van der Waals surface area contributed by atoms with E-state index in [4.69, 9.17) is 9.47 Å². The van der Waals surface area contributed by atoms with Crippen LogP contribution < -0.4 is 5.32 Å². The monoisotopic (exact) mass is 696 g/mol. The van der Waals surface area contributed by atoms with E-state index in [1.54, 1.807) is 0 Å². The first-order chi connectivity index (χ1) is 24.1. The lowest BCUT2D eigenvalue weighted by Gasteiger charge is -2.06. The van der Waals surface area contributed by atoms with Gasteiger partial charge in [-0.05, 0) is 51.6 Å². The SMILES string of the molecule is CCCCCCCCC.CCCCCCCCCCOC(=O)CCCCCCCNCCCCCCCC(=O)OCCCCCCCCC. The molecule has 0 rings (SSSR count). The van der Waals surface area contributed by atoms with Crippen LogP contribution in [0.3, 0.4) is 0 Å². The molecule has 0 saturated heterocycles. The summed E-state index contributed by atoms with van der Waals surface area (Å²) in [5, 5.41) is 3.55. The van der Waals surface area contributed by atoms with Crippen LogP contribution in [0.5, 0.6) is 0 Å². The number of carbonyl (C=O) groups excluding carboxylic acids is 2. The van der Waals surface area contributed by atoms with E-state index in [0.29, 0.717) is 26.1 Å². The molecule has 5 heteroatoms. The molecule has 0 aliphatic rings. The van der Waals surface area contributed by atoms with Crippen LogP contribution in [0.15, 0.2) is 0 Å². The third kappa shape index (κ3) is 49.1. The van der Waals surface area contributed by atoms with Gasteiger partial charge in [0.2, 0.25) is 0 Å². The highest BCUT2D eigenvalue weighted by Crippen LogP contribution is 2.11. The average Bonchev–Trinajstić information content (AvgIpc) is 3.10. The van der Waals surface area contributed by atoms with Gasteiger partial charge in [-0.3, -0.25) is 9.59 Å². The fourth-order valence-corrected chi connectivity index (χ4v) is 6.07. The van der Waals surface area contributed by atoms with E-state index in [1.165, 1.54) is 167 Å². The molecule has 0 saturated carbocycles. The van der Waals surface area contributed by atoms with Crippen LogP contribution in [0, 0.1) is 0 Å². The summed E-state index contributed by atoms with van der Waals surface area (Å²) >= 11 is 0. The largest absolute Gasteiger partial charge is 0.466 e. The van der Waals surface area contributed by atoms with Crippen LogP contribution in [0.2, 0.25) is 0 Å². The van der Waals surface area contributed by atoms with E-state index >= 15 is 0 Å². The molecule has 5 nitrogen and oxygen atoms in total. The fourth-order valence-electron chi connectivity index (χ4n) is 6.07. The lowest BCUT2D eigenvalue weighted by atomic mass is 10.1. The van der Waals surface area contributed by atoms with Crippen molar-refractivity contribution in [2.75, 3.05) is 26.3 Å². The van der Waals surface area contributed by atoms with E-state index in [0.717, 1.165) is 51.6 Å². The predicted octanol–water partition coefficient (Wildman–Crippen LogP) is 14.0. The van der Waals surface area contributed by atoms with E-state index in [-0.39, 0.29) is 11.9 Å². The van der Waals surface area contributed by atoms with E-state index < -0.39 is 0 Å². The second-order valence-corrected chi connectivity index (χ2v) is 14.6. The Morgan fingerprint density at radius 3 is 0.878 bits per heavy atom. The second kappa shape index (κ2) is 46.9. The Hall–Kier alpha value is -1.10. The first-order valence-electron chi connectivity index (χ1n) is 22.1. The van der Waals surface area contributed by atoms with Gasteiger partial charge in [0.25, 0.3) is 0 Å². The van der Waals surface area contributed by atoms with Crippen molar-refractivity contribution >= 4 is 11.9 Å². The van der Waals surface area contributed by atoms with Crippen LogP contribution >= 0.6 is 0 Å². The zero-order valence-corrected chi connectivity index (χ0v) is 34.0. The van der Waals surface area contributed by atoms with Crippen molar-refractivity contribution in [3.8, 4) is 0 Å². The Bertz CT molecular complexity index is 620. The van der Waals surface area contributed by atoms with Gasteiger partial charge in [0, 0.05) is 12.8 Å². The molecule has 0 spiro atoms. The Morgan fingerprint density at radius 1 is 0.327 bits per heavy atom. The van der Waals surface area contributed by atoms with Crippen LogP contribution in [0.4, 0.5) is 0 Å². The van der Waals surface area contributed by atoms with Crippen LogP contribution in [0.1, 0.15) is 246 Å². The molecule has 0 aromatic rings. The van der Waals surface area contributed by atoms with Gasteiger partial charge in [0.05, 0.1) is 13.2 Å². The lowest BCUT2D eigenvalue weighted by molar-refractivity contribution is -0.144. The molecule has 0 aliphatic carbocycles. The highest BCUT2D eigenvalue weighted by atomic mass is 16.5. The molecule has 0 heterocycles. The summed E-state index contributed by atoms with van der Waals surface area (Å²) in [7, 11) is 0. The topological polar surface area (TPSA) is 64.6 Å². The first-order valence-corrected chi connectivity index (χ1v) is 22.1. The molecule has 0 fully saturated rings. The highest BCUT2D eigenvalue weighted by molar-refractivity contribution is 5.69. The maximum atomic E-state index is 11.8. The summed E-state index contributed by atoms with van der Waals surface area (Å²) in [6.45, 7) is 12.4. The van der Waals surface area contributed by atoms with Gasteiger partial charge in [-0.2, -0.15) is 0 Å². The minimum Gasteiger partial charge on any atom is -0.466 e. The maximum Gasteiger partial charge on any atom is 0.305 e. The van der Waals surface area contributed by atoms with E-state index in [9.17, 15) is 9.59 Å². The molecule has 0 aromatic carbocycles. The number of ether oxygens (including phenoxy) is 2. The summed E-state index contributed by atoms with van der Waals surface area (Å²) in [6.07, 6.45) is 41.5. The molecule has 0 bridgehead atoms. The van der Waals surface area contributed by atoms with Gasteiger partial charge in [0.15, 0.2) is 0 Å². The third-order valence-electron chi connectivity index (χ3n) is 9.45. The molecular weight excluding hydrogens is 606 g/mol. The number of hydrogen-bond acceptors (Lipinski definition) is 5. The number of nitrogens with one attached hydrogen (secondary N) is 1. The summed E-state index contributed by atoms with van der Waals surface area (Å²) < 4.78 is 10.7. The van der Waals surface area contributed by atoms with Gasteiger partial charge in [-0.15, -0.1) is 0 Å². The first kappa shape index (κ1) is 50.0. The van der Waals surface area contributed by atoms with Crippen molar-refractivity contribution < 1.29 is 19.1 Å². The number of rotatable bonds is 39. The number of unbranched alkanes of at least 4 members (excludes halogenated alkanes) is 27. The fraction of sp³-hybridized carbons (Fsp3) is 0.955. The van der Waals surface area contributed by atoms with E-state index in [1.807, 2.05) is 0 Å². The maximum absolute atomic E-state index is 11.8. The Balaban J connectivity index is 0. The van der Waals surface area contributed by atoms with Crippen LogP contribution in [-0.4, -0.2) is 38.2 Å². The number of hydrogen-bond donors (Lipinski definition) is 1. The van der Waals surface area contributed by atoms with Gasteiger partial charge in [-0.25, -0.2) is 0 Å². The summed E-state index contributed by atoms with van der Waals surface area (Å²) in [4.78, 5) is 23.6. The molecule has 0 unspecified atom stereocenters. The van der Waals surface area contributed by atoms with E-state index in [2.05, 4.69) is 33.0 Å². The number of esters is 2. The minimum absolute atomic E-state index is 0.0108. The van der Waals surface area contributed by atoms with Crippen LogP contribution in [-0.2, 0) is 19.1 Å². The Morgan fingerprint density at radius 2 is 0.571 bits per heavy atom. The zero-order chi connectivity index (χ0) is 36.1. The predicted molar refractivity (Wildman–Crippen MR) is 214 cm³/mol. The average molecular weight is 696 g/mol. The standard InChI is InChI=1S/C35H69NO4.C9H20/c1-3-5-7-9-11-13-21-27-33-40-35(38)29-23-17-15-19-25-31-36-30-24-18-14-16-22-28-34(37)39-32-26-20-12-10-8-6-4-2;1-3-5-7-9-8-6-4-2/h36H,3-33H2,1-2H3;3-9H2,1-2H3. The summed E-state index contributed by atoms with van der Waals surface area (Å²) in [5.41, 5.74) is 0. The van der Waals surface area contributed by atoms with Crippen LogP contribution in [0.25, 0.3) is 0 Å². The van der Waals surface area contributed by atoms with Crippen molar-refractivity contribution in [1.82, 2.24) is 5.32 Å². The number of carbonyl (C=O) groups is 2. The Labute approximate surface area is 308 Å². The van der Waals surface area contributed by atoms with Crippen molar-refractivity contribution in [3.05, 3.63) is 0 Å². The van der Waals surface area contributed by atoms with Gasteiger partial charge in [0.1, 0.15) is 0 Å². The summed E-state index contributed by atoms with van der Waals surface area (Å²) in [6, 6.07) is 0. The van der Waals surface area contributed by atoms with Crippen molar-refractivity contribution in [2.45, 2.75) is 246 Å². The highest BCUT2D eigenvalue weighted by Gasteiger charge is 2.04. The molecule has 0 amide bonds. The molecule has 0 aliphatic heterocycles. The smallest absolute Gasteiger partial charge is 0.305 e. The van der Waals surface area contributed by atoms with Crippen molar-refractivity contribution in [3.63, 3.8) is 0 Å². The molecule has 49 heavy (non-hydrogen) atoms. The quantitative estimate of drug-likeness (QED) is 0.0512. The zero-order valence-electron chi connectivity index (χ0n) is 34.0. The van der Waals surface area contributed by atoms with Gasteiger partial charge < -0.3 is 14.8 Å². The lowest BCUT2D eigenvalue weighted by Crippen LogP contribution is -2.16. The van der Waals surface area contributed by atoms with Gasteiger partial charge >= 0.3 is 11.9 Å². The Kier molecular flexibility index (Phi) is 47.9. The molecule has 294 valence electrons. The third-order valence-corrected chi connectivity index (χ3v) is 9.45. The second-order valence-electron chi connectivity index (χ2n) is 14.6. The molecule has 0 aromatic heterocycles.